The number of hydrogen-bond acceptors (Lipinski definition) is 8. The van der Waals surface area contributed by atoms with Crippen LogP contribution in [-0.2, 0) is 16.0 Å². The topological polar surface area (TPSA) is 102 Å². The van der Waals surface area contributed by atoms with Crippen LogP contribution in [0.5, 0.6) is 0 Å². The van der Waals surface area contributed by atoms with Crippen molar-refractivity contribution in [1.82, 2.24) is 19.6 Å². The molecule has 1 aliphatic heterocycles. The lowest BCUT2D eigenvalue weighted by Crippen LogP contribution is -2.44. The second-order valence-corrected chi connectivity index (χ2v) is 9.28. The first-order valence-electron chi connectivity index (χ1n) is 10.5. The molecule has 0 unspecified atom stereocenters. The van der Waals surface area contributed by atoms with Crippen LogP contribution in [0.3, 0.4) is 0 Å². The molecule has 3 aromatic rings. The lowest BCUT2D eigenvalue weighted by molar-refractivity contribution is -0.384. The van der Waals surface area contributed by atoms with Crippen LogP contribution in [-0.4, -0.2) is 64.0 Å². The van der Waals surface area contributed by atoms with Crippen LogP contribution >= 0.6 is 11.3 Å². The maximum atomic E-state index is 11.3. The van der Waals surface area contributed by atoms with E-state index in [1.54, 1.807) is 29.5 Å². The summed E-state index contributed by atoms with van der Waals surface area (Å²) in [6.07, 6.45) is 2.87. The summed E-state index contributed by atoms with van der Waals surface area (Å²) in [5, 5.41) is 16.8. The molecule has 0 amide bonds. The molecule has 32 heavy (non-hydrogen) atoms. The van der Waals surface area contributed by atoms with E-state index in [4.69, 9.17) is 0 Å². The number of nitrogens with zero attached hydrogens (tertiary/aromatic N) is 4. The van der Waals surface area contributed by atoms with Gasteiger partial charge in [-0.05, 0) is 26.8 Å². The number of ether oxygens (including phenoxy) is 1. The van der Waals surface area contributed by atoms with Gasteiger partial charge in [0.1, 0.15) is 5.60 Å². The van der Waals surface area contributed by atoms with Gasteiger partial charge in [0.15, 0.2) is 4.96 Å². The van der Waals surface area contributed by atoms with E-state index < -0.39 is 0 Å². The molecule has 0 spiro atoms. The molecular weight excluding hydrogens is 430 g/mol. The molecule has 1 N–H and O–H groups in total. The number of benzene rings is 1. The van der Waals surface area contributed by atoms with E-state index >= 15 is 0 Å². The quantitative estimate of drug-likeness (QED) is 0.342. The second-order valence-electron chi connectivity index (χ2n) is 8.45. The van der Waals surface area contributed by atoms with Crippen molar-refractivity contribution in [2.24, 2.45) is 0 Å². The van der Waals surface area contributed by atoms with E-state index in [1.807, 2.05) is 27.0 Å². The molecule has 9 nitrogen and oxygen atoms in total. The lowest BCUT2D eigenvalue weighted by atomic mass is 10.1. The van der Waals surface area contributed by atoms with Gasteiger partial charge in [0, 0.05) is 62.5 Å². The minimum atomic E-state index is -0.353. The highest BCUT2D eigenvalue weighted by Crippen LogP contribution is 2.30. The van der Waals surface area contributed by atoms with Crippen LogP contribution in [0, 0.1) is 10.1 Å². The third-order valence-electron chi connectivity index (χ3n) is 4.96. The summed E-state index contributed by atoms with van der Waals surface area (Å²) in [6, 6.07) is 6.76. The zero-order valence-electron chi connectivity index (χ0n) is 18.6. The third-order valence-corrected chi connectivity index (χ3v) is 5.84. The van der Waals surface area contributed by atoms with Crippen LogP contribution in [0.2, 0.25) is 0 Å². The van der Waals surface area contributed by atoms with Crippen LogP contribution in [0.25, 0.3) is 16.2 Å². The summed E-state index contributed by atoms with van der Waals surface area (Å²) in [6.45, 7) is 11.2. The van der Waals surface area contributed by atoms with Crippen LogP contribution in [0.4, 0.5) is 5.69 Å². The number of nitro groups is 1. The smallest absolute Gasteiger partial charge is 0.293 e. The van der Waals surface area contributed by atoms with Crippen molar-refractivity contribution in [3.63, 3.8) is 0 Å². The summed E-state index contributed by atoms with van der Waals surface area (Å²) >= 11 is 1.58. The molecule has 1 aliphatic rings. The Morgan fingerprint density at radius 3 is 2.62 bits per heavy atom. The molecule has 0 aliphatic carbocycles. The molecule has 0 bridgehead atoms. The number of piperazine rings is 1. The molecule has 1 aromatic carbocycles. The predicted molar refractivity (Wildman–Crippen MR) is 125 cm³/mol. The highest BCUT2D eigenvalue weighted by Gasteiger charge is 2.18. The van der Waals surface area contributed by atoms with Gasteiger partial charge in [-0.15, -0.1) is 11.3 Å². The number of nitrogens with one attached hydrogen (secondary N) is 1. The Morgan fingerprint density at radius 1 is 1.28 bits per heavy atom. The summed E-state index contributed by atoms with van der Waals surface area (Å²) in [5.41, 5.74) is 2.20. The van der Waals surface area contributed by atoms with Gasteiger partial charge >= 0.3 is 0 Å². The number of imidazole rings is 1. The van der Waals surface area contributed by atoms with Crippen molar-refractivity contribution in [2.45, 2.75) is 32.8 Å². The van der Waals surface area contributed by atoms with Gasteiger partial charge in [-0.2, -0.15) is 0 Å². The maximum absolute atomic E-state index is 11.3. The van der Waals surface area contributed by atoms with Gasteiger partial charge in [0.25, 0.3) is 12.2 Å². The molecule has 4 rings (SSSR count). The minimum Gasteiger partial charge on any atom is -0.462 e. The zero-order valence-corrected chi connectivity index (χ0v) is 19.4. The van der Waals surface area contributed by atoms with E-state index in [2.05, 4.69) is 29.7 Å². The highest BCUT2D eigenvalue weighted by molar-refractivity contribution is 7.15. The Balaban J connectivity index is 0.000000360. The Morgan fingerprint density at radius 2 is 2.00 bits per heavy atom. The Bertz CT molecular complexity index is 1050. The van der Waals surface area contributed by atoms with Gasteiger partial charge in [-0.3, -0.25) is 19.3 Å². The lowest BCUT2D eigenvalue weighted by Gasteiger charge is -2.26. The fourth-order valence-electron chi connectivity index (χ4n) is 3.34. The number of nitro benzene ring substituents is 1. The number of aromatic nitrogens is 2. The maximum Gasteiger partial charge on any atom is 0.293 e. The summed E-state index contributed by atoms with van der Waals surface area (Å²) in [4.78, 5) is 28.4. The fourth-order valence-corrected chi connectivity index (χ4v) is 4.25. The van der Waals surface area contributed by atoms with Crippen LogP contribution < -0.4 is 5.32 Å². The third kappa shape index (κ3) is 6.35. The standard InChI is InChI=1S/C17H19N5O2S.C5H10O2/c23-22(24)16-4-2-1-3-14(16)15-11-21-13(12-25-17(21)19-15)5-8-20-9-6-18-7-10-20;1-5(2,3)7-4-6/h1-4,11-12,18H,5-10H2;4H,1-3H3. The number of carbonyl (C=O) groups excluding carboxylic acids is 1. The highest BCUT2D eigenvalue weighted by atomic mass is 32.1. The molecule has 2 aromatic heterocycles. The van der Waals surface area contributed by atoms with Gasteiger partial charge in [-0.25, -0.2) is 4.98 Å². The Labute approximate surface area is 191 Å². The molecule has 0 saturated carbocycles. The first kappa shape index (κ1) is 23.8. The summed E-state index contributed by atoms with van der Waals surface area (Å²) in [7, 11) is 0. The van der Waals surface area contributed by atoms with E-state index in [0.29, 0.717) is 17.7 Å². The van der Waals surface area contributed by atoms with E-state index in [0.717, 1.165) is 44.1 Å². The van der Waals surface area contributed by atoms with Gasteiger partial charge in [-0.1, -0.05) is 12.1 Å². The predicted octanol–water partition coefficient (Wildman–Crippen LogP) is 3.38. The van der Waals surface area contributed by atoms with E-state index in [9.17, 15) is 14.9 Å². The fraction of sp³-hybridized carbons (Fsp3) is 0.455. The molecule has 0 radical (unpaired) electrons. The van der Waals surface area contributed by atoms with Crippen molar-refractivity contribution >= 4 is 28.5 Å². The second kappa shape index (κ2) is 10.7. The molecule has 0 atom stereocenters. The monoisotopic (exact) mass is 459 g/mol. The normalized spacial score (nSPS) is 14.6. The molecular formula is C22H29N5O4S. The summed E-state index contributed by atoms with van der Waals surface area (Å²) in [5.74, 6) is 0. The van der Waals surface area contributed by atoms with Crippen LogP contribution in [0.1, 0.15) is 26.5 Å². The van der Waals surface area contributed by atoms with Crippen molar-refractivity contribution in [3.8, 4) is 11.3 Å². The average molecular weight is 460 g/mol. The van der Waals surface area contributed by atoms with Crippen molar-refractivity contribution < 1.29 is 14.5 Å². The van der Waals surface area contributed by atoms with Crippen molar-refractivity contribution in [3.05, 3.63) is 51.7 Å². The molecule has 1 saturated heterocycles. The number of thiazole rings is 1. The average Bonchev–Trinajstić information content (AvgIpc) is 3.34. The number of para-hydroxylation sites is 1. The molecule has 3 heterocycles. The molecule has 10 heteroatoms. The zero-order chi connectivity index (χ0) is 23.1. The first-order chi connectivity index (χ1) is 15.3. The number of fused-ring (bicyclic) bond motifs is 1. The van der Waals surface area contributed by atoms with E-state index in [1.165, 1.54) is 11.8 Å². The van der Waals surface area contributed by atoms with Gasteiger partial charge in [0.2, 0.25) is 0 Å². The van der Waals surface area contributed by atoms with Gasteiger partial charge < -0.3 is 15.0 Å². The minimum absolute atomic E-state index is 0.0932. The Kier molecular flexibility index (Phi) is 7.94. The number of hydrogen-bond donors (Lipinski definition) is 1. The largest absolute Gasteiger partial charge is 0.462 e. The van der Waals surface area contributed by atoms with Gasteiger partial charge in [0.05, 0.1) is 16.2 Å². The Hall–Kier alpha value is -2.82. The van der Waals surface area contributed by atoms with Crippen molar-refractivity contribution in [1.29, 1.82) is 0 Å². The summed E-state index contributed by atoms with van der Waals surface area (Å²) < 4.78 is 6.62. The molecule has 1 fully saturated rings. The number of carbonyl (C=O) groups is 1. The van der Waals surface area contributed by atoms with Crippen LogP contribution in [0.15, 0.2) is 35.8 Å². The first-order valence-corrected chi connectivity index (χ1v) is 11.4. The molecule has 172 valence electrons. The number of rotatable bonds is 6. The van der Waals surface area contributed by atoms with E-state index in [-0.39, 0.29) is 16.2 Å². The SMILES string of the molecule is CC(C)(C)OC=O.O=[N+]([O-])c1ccccc1-c1cn2c(CCN3CCNCC3)csc2n1. The van der Waals surface area contributed by atoms with Crippen molar-refractivity contribution in [2.75, 3.05) is 32.7 Å².